The minimum Gasteiger partial charge on any atom is -0.308 e. The van der Waals surface area contributed by atoms with E-state index in [1.54, 1.807) is 25.3 Å². The molecule has 0 unspecified atom stereocenters. The molecule has 0 fully saturated rings. The van der Waals surface area contributed by atoms with Crippen LogP contribution in [0.15, 0.2) is 58.8 Å². The number of hydrogen-bond acceptors (Lipinski definition) is 6. The summed E-state index contributed by atoms with van der Waals surface area (Å²) >= 11 is 4.45. The van der Waals surface area contributed by atoms with Gasteiger partial charge in [-0.25, -0.2) is 22.5 Å². The monoisotopic (exact) mass is 494 g/mol. The molecule has 0 aliphatic rings. The number of thiol groups is 1. The number of nitrogens with one attached hydrogen (secondary N) is 2. The van der Waals surface area contributed by atoms with Crippen molar-refractivity contribution in [3.63, 3.8) is 0 Å². The van der Waals surface area contributed by atoms with Crippen LogP contribution in [0, 0.1) is 6.92 Å². The molecular formula is C22H30N4O3S3. The largest absolute Gasteiger partial charge is 0.325 e. The molecule has 0 atom stereocenters. The third-order valence-corrected chi connectivity index (χ3v) is 7.41. The second kappa shape index (κ2) is 13.2. The fourth-order valence-corrected chi connectivity index (χ4v) is 5.03. The van der Waals surface area contributed by atoms with Gasteiger partial charge in [-0.15, -0.1) is 0 Å². The Morgan fingerprint density at radius 3 is 2.00 bits per heavy atom. The number of carbonyl (C=O) groups excluding carboxylic acids is 1. The predicted molar refractivity (Wildman–Crippen MR) is 139 cm³/mol. The van der Waals surface area contributed by atoms with E-state index in [0.29, 0.717) is 11.4 Å². The second-order valence-electron chi connectivity index (χ2n) is 6.20. The van der Waals surface area contributed by atoms with Crippen LogP contribution in [0.3, 0.4) is 0 Å². The van der Waals surface area contributed by atoms with Crippen LogP contribution in [-0.4, -0.2) is 44.1 Å². The fourth-order valence-electron chi connectivity index (χ4n) is 2.48. The van der Waals surface area contributed by atoms with Crippen molar-refractivity contribution in [2.24, 2.45) is 0 Å². The maximum absolute atomic E-state index is 12.3. The Morgan fingerprint density at radius 2 is 1.47 bits per heavy atom. The number of thiazole rings is 1. The van der Waals surface area contributed by atoms with Crippen molar-refractivity contribution >= 4 is 50.8 Å². The number of urea groups is 1. The average molecular weight is 495 g/mol. The summed E-state index contributed by atoms with van der Waals surface area (Å²) in [4.78, 5) is 16.4. The Kier molecular flexibility index (Phi) is 11.4. The Bertz CT molecular complexity index is 1080. The number of aromatic nitrogens is 1. The van der Waals surface area contributed by atoms with Gasteiger partial charge in [-0.1, -0.05) is 67.6 Å². The van der Waals surface area contributed by atoms with Crippen LogP contribution < -0.4 is 10.6 Å². The van der Waals surface area contributed by atoms with E-state index in [1.165, 1.54) is 14.1 Å². The van der Waals surface area contributed by atoms with Crippen LogP contribution in [0.1, 0.15) is 19.5 Å². The SMILES string of the molecule is CC.CS.Cc1nc(NC(=O)Nc2ccc(-c3ccccc3)cc2)sc1S(=O)(=O)N(C)C. The number of benzene rings is 2. The molecule has 3 aromatic rings. The standard InChI is InChI=1S/C19H20N4O3S2.C2H6.CH4S/c1-13-17(28(25,26)23(2)3)27-19(20-13)22-18(24)21-16-11-9-15(10-12-16)14-7-5-4-6-8-14;2*1-2/h4-12H,1-3H3,(H2,20,21,22,24);1-2H3;2H,1H3. The summed E-state index contributed by atoms with van der Waals surface area (Å²) < 4.78 is 25.7. The van der Waals surface area contributed by atoms with Gasteiger partial charge in [0, 0.05) is 19.8 Å². The van der Waals surface area contributed by atoms with E-state index in [-0.39, 0.29) is 9.34 Å². The lowest BCUT2D eigenvalue weighted by atomic mass is 10.1. The van der Waals surface area contributed by atoms with Gasteiger partial charge in [0.15, 0.2) is 9.34 Å². The third-order valence-electron chi connectivity index (χ3n) is 3.94. The van der Waals surface area contributed by atoms with E-state index in [0.717, 1.165) is 26.8 Å². The maximum Gasteiger partial charge on any atom is 0.325 e. The Labute approximate surface area is 200 Å². The van der Waals surface area contributed by atoms with Crippen molar-refractivity contribution in [3.8, 4) is 11.1 Å². The third kappa shape index (κ3) is 7.33. The minimum atomic E-state index is -3.59. The molecule has 10 heteroatoms. The van der Waals surface area contributed by atoms with Crippen molar-refractivity contribution in [2.45, 2.75) is 25.0 Å². The molecule has 32 heavy (non-hydrogen) atoms. The number of hydrogen-bond donors (Lipinski definition) is 3. The molecular weight excluding hydrogens is 464 g/mol. The van der Waals surface area contributed by atoms with Gasteiger partial charge in [0.05, 0.1) is 5.69 Å². The van der Waals surface area contributed by atoms with Crippen molar-refractivity contribution in [2.75, 3.05) is 31.0 Å². The van der Waals surface area contributed by atoms with Crippen molar-refractivity contribution in [1.82, 2.24) is 9.29 Å². The van der Waals surface area contributed by atoms with Crippen LogP contribution in [0.4, 0.5) is 15.6 Å². The van der Waals surface area contributed by atoms with Gasteiger partial charge in [0.1, 0.15) is 0 Å². The molecule has 1 aromatic heterocycles. The first-order valence-electron chi connectivity index (χ1n) is 9.85. The zero-order valence-electron chi connectivity index (χ0n) is 19.1. The van der Waals surface area contributed by atoms with Gasteiger partial charge in [-0.3, -0.25) is 5.32 Å². The van der Waals surface area contributed by atoms with E-state index in [9.17, 15) is 13.2 Å². The van der Waals surface area contributed by atoms with Gasteiger partial charge >= 0.3 is 6.03 Å². The summed E-state index contributed by atoms with van der Waals surface area (Å²) in [5.74, 6) is 0. The number of anilines is 2. The van der Waals surface area contributed by atoms with E-state index in [2.05, 4.69) is 28.2 Å². The molecule has 0 bridgehead atoms. The molecule has 2 amide bonds. The van der Waals surface area contributed by atoms with Gasteiger partial charge in [0.25, 0.3) is 10.0 Å². The quantitative estimate of drug-likeness (QED) is 0.404. The Hall–Kier alpha value is -2.40. The number of carbonyl (C=O) groups is 1. The molecule has 0 aliphatic carbocycles. The van der Waals surface area contributed by atoms with Crippen LogP contribution >= 0.6 is 24.0 Å². The zero-order chi connectivity index (χ0) is 24.3. The molecule has 174 valence electrons. The zero-order valence-corrected chi connectivity index (χ0v) is 21.6. The van der Waals surface area contributed by atoms with Gasteiger partial charge in [0.2, 0.25) is 0 Å². The number of amides is 2. The number of sulfonamides is 1. The lowest BCUT2D eigenvalue weighted by molar-refractivity contribution is 0.262. The second-order valence-corrected chi connectivity index (χ2v) is 9.55. The first-order chi connectivity index (χ1) is 15.3. The number of aryl methyl sites for hydroxylation is 1. The van der Waals surface area contributed by atoms with Crippen LogP contribution in [-0.2, 0) is 10.0 Å². The Morgan fingerprint density at radius 1 is 0.938 bits per heavy atom. The average Bonchev–Trinajstić information content (AvgIpc) is 3.18. The van der Waals surface area contributed by atoms with E-state index in [4.69, 9.17) is 0 Å². The first-order valence-corrected chi connectivity index (χ1v) is 13.0. The summed E-state index contributed by atoms with van der Waals surface area (Å²) in [5.41, 5.74) is 3.10. The Balaban J connectivity index is 0.00000121. The summed E-state index contributed by atoms with van der Waals surface area (Å²) in [6, 6.07) is 16.9. The fraction of sp³-hybridized carbons (Fsp3) is 0.273. The molecule has 3 rings (SSSR count). The highest BCUT2D eigenvalue weighted by Crippen LogP contribution is 2.29. The highest BCUT2D eigenvalue weighted by atomic mass is 32.2. The maximum atomic E-state index is 12.3. The smallest absolute Gasteiger partial charge is 0.308 e. The highest BCUT2D eigenvalue weighted by Gasteiger charge is 2.24. The molecule has 2 aromatic carbocycles. The summed E-state index contributed by atoms with van der Waals surface area (Å²) in [7, 11) is -0.691. The topological polar surface area (TPSA) is 91.4 Å². The molecule has 0 radical (unpaired) electrons. The van der Waals surface area contributed by atoms with Gasteiger partial charge in [-0.2, -0.15) is 12.6 Å². The number of nitrogens with zero attached hydrogens (tertiary/aromatic N) is 2. The lowest BCUT2D eigenvalue weighted by Gasteiger charge is -2.09. The molecule has 0 aliphatic heterocycles. The summed E-state index contributed by atoms with van der Waals surface area (Å²) in [6.45, 7) is 5.60. The van der Waals surface area contributed by atoms with Crippen LogP contribution in [0.25, 0.3) is 11.1 Å². The normalized spacial score (nSPS) is 10.4. The molecule has 0 saturated carbocycles. The summed E-state index contributed by atoms with van der Waals surface area (Å²) in [5, 5.41) is 5.52. The molecule has 0 saturated heterocycles. The minimum absolute atomic E-state index is 0.111. The van der Waals surface area contributed by atoms with Crippen molar-refractivity contribution in [3.05, 3.63) is 60.3 Å². The van der Waals surface area contributed by atoms with Crippen molar-refractivity contribution in [1.29, 1.82) is 0 Å². The van der Waals surface area contributed by atoms with Gasteiger partial charge < -0.3 is 5.32 Å². The van der Waals surface area contributed by atoms with E-state index in [1.807, 2.05) is 56.3 Å². The van der Waals surface area contributed by atoms with E-state index < -0.39 is 16.1 Å². The predicted octanol–water partition coefficient (Wildman–Crippen LogP) is 5.59. The van der Waals surface area contributed by atoms with Gasteiger partial charge in [-0.05, 0) is 36.4 Å². The lowest BCUT2D eigenvalue weighted by Crippen LogP contribution is -2.21. The highest BCUT2D eigenvalue weighted by molar-refractivity contribution is 7.91. The van der Waals surface area contributed by atoms with Crippen molar-refractivity contribution < 1.29 is 13.2 Å². The molecule has 0 spiro atoms. The summed E-state index contributed by atoms with van der Waals surface area (Å²) in [6.07, 6.45) is 1.69. The molecule has 1 heterocycles. The number of rotatable bonds is 5. The van der Waals surface area contributed by atoms with E-state index >= 15 is 0 Å². The van der Waals surface area contributed by atoms with Crippen LogP contribution in [0.2, 0.25) is 0 Å². The first kappa shape index (κ1) is 27.6. The molecule has 7 nitrogen and oxygen atoms in total. The molecule has 2 N–H and O–H groups in total. The van der Waals surface area contributed by atoms with Crippen LogP contribution in [0.5, 0.6) is 0 Å².